The molecule has 0 bridgehead atoms. The molecular formula is C8H12O2. The Morgan fingerprint density at radius 3 is 2.00 bits per heavy atom. The molecule has 0 aromatic rings. The molecule has 1 saturated carbocycles. The van der Waals surface area contributed by atoms with Gasteiger partial charge in [0.15, 0.2) is 0 Å². The van der Waals surface area contributed by atoms with Crippen LogP contribution < -0.4 is 0 Å². The lowest BCUT2D eigenvalue weighted by Gasteiger charge is -2.19. The molecule has 0 N–H and O–H groups in total. The minimum atomic E-state index is -0.406. The third kappa shape index (κ3) is 0.789. The first kappa shape index (κ1) is 7.45. The summed E-state index contributed by atoms with van der Waals surface area (Å²) in [5.41, 5.74) is -0.406. The Kier molecular flexibility index (Phi) is 1.42. The number of ketones is 2. The summed E-state index contributed by atoms with van der Waals surface area (Å²) in [5.74, 6) is 0.0972. The predicted octanol–water partition coefficient (Wildman–Crippen LogP) is 1.19. The topological polar surface area (TPSA) is 34.1 Å². The molecule has 0 aromatic carbocycles. The lowest BCUT2D eigenvalue weighted by atomic mass is 9.82. The Bertz CT molecular complexity index is 191. The van der Waals surface area contributed by atoms with Crippen LogP contribution in [0.4, 0.5) is 0 Å². The molecular weight excluding hydrogens is 128 g/mol. The van der Waals surface area contributed by atoms with Gasteiger partial charge in [-0.3, -0.25) is 9.59 Å². The van der Waals surface area contributed by atoms with Gasteiger partial charge in [0.1, 0.15) is 11.6 Å². The molecule has 1 unspecified atom stereocenters. The summed E-state index contributed by atoms with van der Waals surface area (Å²) < 4.78 is 0. The second-order valence-electron chi connectivity index (χ2n) is 3.51. The van der Waals surface area contributed by atoms with Gasteiger partial charge >= 0.3 is 0 Å². The van der Waals surface area contributed by atoms with Gasteiger partial charge in [0.25, 0.3) is 0 Å². The highest BCUT2D eigenvalue weighted by Gasteiger charge is 2.44. The second-order valence-corrected chi connectivity index (χ2v) is 3.51. The van der Waals surface area contributed by atoms with Crippen molar-refractivity contribution in [2.75, 3.05) is 0 Å². The van der Waals surface area contributed by atoms with Crippen LogP contribution in [-0.4, -0.2) is 11.6 Å². The molecule has 0 heterocycles. The molecule has 1 rings (SSSR count). The van der Waals surface area contributed by atoms with Crippen LogP contribution in [0.5, 0.6) is 0 Å². The van der Waals surface area contributed by atoms with E-state index in [4.69, 9.17) is 0 Å². The maximum atomic E-state index is 11.1. The number of rotatable bonds is 0. The van der Waals surface area contributed by atoms with E-state index in [0.29, 0.717) is 0 Å². The summed E-state index contributed by atoms with van der Waals surface area (Å²) >= 11 is 0. The first-order valence-corrected chi connectivity index (χ1v) is 3.52. The van der Waals surface area contributed by atoms with Crippen molar-refractivity contribution < 1.29 is 9.59 Å². The van der Waals surface area contributed by atoms with Crippen LogP contribution >= 0.6 is 0 Å². The average molecular weight is 140 g/mol. The van der Waals surface area contributed by atoms with E-state index in [-0.39, 0.29) is 23.9 Å². The molecule has 0 saturated heterocycles. The number of hydrogen-bond acceptors (Lipinski definition) is 2. The Morgan fingerprint density at radius 1 is 1.40 bits per heavy atom. The average Bonchev–Trinajstić information content (AvgIpc) is 1.97. The molecule has 1 atom stereocenters. The van der Waals surface area contributed by atoms with E-state index >= 15 is 0 Å². The summed E-state index contributed by atoms with van der Waals surface area (Å²) in [4.78, 5) is 22.1. The first-order valence-electron chi connectivity index (χ1n) is 3.52. The zero-order valence-corrected chi connectivity index (χ0v) is 6.60. The van der Waals surface area contributed by atoms with Crippen LogP contribution in [0.2, 0.25) is 0 Å². The molecule has 0 aliphatic heterocycles. The van der Waals surface area contributed by atoms with Crippen molar-refractivity contribution in [2.24, 2.45) is 11.3 Å². The third-order valence-electron chi connectivity index (χ3n) is 2.62. The molecule has 2 nitrogen and oxygen atoms in total. The minimum Gasteiger partial charge on any atom is -0.299 e. The van der Waals surface area contributed by atoms with Gasteiger partial charge in [-0.15, -0.1) is 0 Å². The van der Waals surface area contributed by atoms with E-state index in [9.17, 15) is 9.59 Å². The van der Waals surface area contributed by atoms with E-state index in [1.165, 1.54) is 0 Å². The van der Waals surface area contributed by atoms with Crippen molar-refractivity contribution in [3.8, 4) is 0 Å². The number of carbonyl (C=O) groups is 2. The van der Waals surface area contributed by atoms with Gasteiger partial charge in [0.2, 0.25) is 0 Å². The lowest BCUT2D eigenvalue weighted by Crippen LogP contribution is -2.24. The molecule has 56 valence electrons. The second kappa shape index (κ2) is 1.91. The van der Waals surface area contributed by atoms with Gasteiger partial charge in [-0.05, 0) is 0 Å². The standard InChI is InChI=1S/C8H12O2/c1-5-6(9)4-7(10)8(5,2)3/h5H,4H2,1-3H3. The van der Waals surface area contributed by atoms with Crippen molar-refractivity contribution >= 4 is 11.6 Å². The van der Waals surface area contributed by atoms with Gasteiger partial charge in [0, 0.05) is 11.3 Å². The van der Waals surface area contributed by atoms with E-state index in [2.05, 4.69) is 0 Å². The number of carbonyl (C=O) groups excluding carboxylic acids is 2. The lowest BCUT2D eigenvalue weighted by molar-refractivity contribution is -0.125. The molecule has 0 amide bonds. The summed E-state index contributed by atoms with van der Waals surface area (Å²) in [7, 11) is 0. The fraction of sp³-hybridized carbons (Fsp3) is 0.750. The summed E-state index contributed by atoms with van der Waals surface area (Å²) in [6.07, 6.45) is 0.147. The molecule has 0 spiro atoms. The van der Waals surface area contributed by atoms with Gasteiger partial charge in [-0.1, -0.05) is 20.8 Å². The molecule has 2 heteroatoms. The predicted molar refractivity (Wildman–Crippen MR) is 37.6 cm³/mol. The summed E-state index contributed by atoms with van der Waals surface area (Å²) in [5, 5.41) is 0. The Balaban J connectivity index is 2.96. The smallest absolute Gasteiger partial charge is 0.146 e. The van der Waals surface area contributed by atoms with Gasteiger partial charge < -0.3 is 0 Å². The van der Waals surface area contributed by atoms with Crippen LogP contribution in [0.3, 0.4) is 0 Å². The zero-order chi connectivity index (χ0) is 7.94. The van der Waals surface area contributed by atoms with Crippen LogP contribution in [0, 0.1) is 11.3 Å². The molecule has 0 aromatic heterocycles. The van der Waals surface area contributed by atoms with Crippen LogP contribution in [-0.2, 0) is 9.59 Å². The highest BCUT2D eigenvalue weighted by Crippen LogP contribution is 2.36. The van der Waals surface area contributed by atoms with Crippen molar-refractivity contribution in [1.29, 1.82) is 0 Å². The van der Waals surface area contributed by atoms with Crippen LogP contribution in [0.1, 0.15) is 27.2 Å². The third-order valence-corrected chi connectivity index (χ3v) is 2.62. The first-order chi connectivity index (χ1) is 4.46. The summed E-state index contributed by atoms with van der Waals surface area (Å²) in [6.45, 7) is 5.50. The Hall–Kier alpha value is -0.660. The molecule has 1 aliphatic rings. The molecule has 0 radical (unpaired) electrons. The number of Topliss-reactive ketones (excluding diaryl/α,β-unsaturated/α-hetero) is 2. The van der Waals surface area contributed by atoms with Crippen LogP contribution in [0.25, 0.3) is 0 Å². The SMILES string of the molecule is CC1C(=O)CC(=O)C1(C)C. The largest absolute Gasteiger partial charge is 0.299 e. The van der Waals surface area contributed by atoms with Crippen molar-refractivity contribution in [3.05, 3.63) is 0 Å². The number of hydrogen-bond donors (Lipinski definition) is 0. The molecule has 10 heavy (non-hydrogen) atoms. The van der Waals surface area contributed by atoms with Gasteiger partial charge in [0.05, 0.1) is 6.42 Å². The fourth-order valence-electron chi connectivity index (χ4n) is 1.18. The van der Waals surface area contributed by atoms with E-state index in [1.54, 1.807) is 0 Å². The summed E-state index contributed by atoms with van der Waals surface area (Å²) in [6, 6.07) is 0. The van der Waals surface area contributed by atoms with E-state index in [0.717, 1.165) is 0 Å². The highest BCUT2D eigenvalue weighted by molar-refractivity contribution is 6.10. The van der Waals surface area contributed by atoms with Crippen LogP contribution in [0.15, 0.2) is 0 Å². The molecule has 1 aliphatic carbocycles. The molecule has 1 fully saturated rings. The quantitative estimate of drug-likeness (QED) is 0.474. The normalized spacial score (nSPS) is 31.3. The zero-order valence-electron chi connectivity index (χ0n) is 6.60. The van der Waals surface area contributed by atoms with Crippen molar-refractivity contribution in [3.63, 3.8) is 0 Å². The van der Waals surface area contributed by atoms with Crippen molar-refractivity contribution in [2.45, 2.75) is 27.2 Å². The van der Waals surface area contributed by atoms with E-state index in [1.807, 2.05) is 20.8 Å². The Labute approximate surface area is 60.6 Å². The minimum absolute atomic E-state index is 0.0833. The monoisotopic (exact) mass is 140 g/mol. The highest BCUT2D eigenvalue weighted by atomic mass is 16.2. The van der Waals surface area contributed by atoms with Gasteiger partial charge in [-0.2, -0.15) is 0 Å². The fourth-order valence-corrected chi connectivity index (χ4v) is 1.18. The van der Waals surface area contributed by atoms with E-state index < -0.39 is 5.41 Å². The van der Waals surface area contributed by atoms with Crippen molar-refractivity contribution in [1.82, 2.24) is 0 Å². The maximum Gasteiger partial charge on any atom is 0.146 e. The Morgan fingerprint density at radius 2 is 1.90 bits per heavy atom. The van der Waals surface area contributed by atoms with Gasteiger partial charge in [-0.25, -0.2) is 0 Å². The maximum absolute atomic E-state index is 11.1.